The number of amides is 1. The Morgan fingerprint density at radius 3 is 2.89 bits per heavy atom. The lowest BCUT2D eigenvalue weighted by molar-refractivity contribution is -0.130. The van der Waals surface area contributed by atoms with E-state index in [1.165, 1.54) is 0 Å². The van der Waals surface area contributed by atoms with Crippen LogP contribution in [0.15, 0.2) is 6.07 Å². The molecule has 2 N–H and O–H groups in total. The molecule has 2 rings (SSSR count). The summed E-state index contributed by atoms with van der Waals surface area (Å²) in [5.74, 6) is 1.57. The standard InChI is InChI=1S/C13H21N5O/c1-9-7-11(17(2)3)16-13(15-9)10-5-4-6-18(10)12(19)8-14/h7,10H,4-6,8,14H2,1-3H3. The van der Waals surface area contributed by atoms with Crippen molar-refractivity contribution in [2.45, 2.75) is 25.8 Å². The van der Waals surface area contributed by atoms with Crippen molar-refractivity contribution in [2.75, 3.05) is 32.1 Å². The van der Waals surface area contributed by atoms with Crippen molar-refractivity contribution >= 4 is 11.7 Å². The highest BCUT2D eigenvalue weighted by atomic mass is 16.2. The van der Waals surface area contributed by atoms with E-state index >= 15 is 0 Å². The lowest BCUT2D eigenvalue weighted by atomic mass is 10.2. The molecule has 0 saturated carbocycles. The summed E-state index contributed by atoms with van der Waals surface area (Å²) in [7, 11) is 3.89. The first-order chi connectivity index (χ1) is 9.02. The molecule has 0 aromatic carbocycles. The van der Waals surface area contributed by atoms with Crippen molar-refractivity contribution in [3.8, 4) is 0 Å². The Labute approximate surface area is 113 Å². The molecular weight excluding hydrogens is 242 g/mol. The lowest BCUT2D eigenvalue weighted by Crippen LogP contribution is -2.36. The van der Waals surface area contributed by atoms with Crippen LogP contribution in [-0.2, 0) is 4.79 Å². The van der Waals surface area contributed by atoms with Gasteiger partial charge in [0.1, 0.15) is 5.82 Å². The zero-order valence-electron chi connectivity index (χ0n) is 11.8. The maximum atomic E-state index is 11.8. The van der Waals surface area contributed by atoms with Gasteiger partial charge in [0, 0.05) is 32.4 Å². The number of hydrogen-bond donors (Lipinski definition) is 1. The molecule has 1 saturated heterocycles. The van der Waals surface area contributed by atoms with Crippen LogP contribution in [0.3, 0.4) is 0 Å². The molecule has 104 valence electrons. The van der Waals surface area contributed by atoms with Crippen molar-refractivity contribution in [3.05, 3.63) is 17.6 Å². The molecule has 1 amide bonds. The summed E-state index contributed by atoms with van der Waals surface area (Å²) in [4.78, 5) is 24.6. The van der Waals surface area contributed by atoms with Gasteiger partial charge < -0.3 is 15.5 Å². The zero-order chi connectivity index (χ0) is 14.0. The number of anilines is 1. The number of nitrogens with zero attached hydrogens (tertiary/aromatic N) is 4. The van der Waals surface area contributed by atoms with Gasteiger partial charge in [0.15, 0.2) is 5.82 Å². The minimum atomic E-state index is -0.0327. The van der Waals surface area contributed by atoms with Crippen LogP contribution in [-0.4, -0.2) is 48.0 Å². The number of nitrogens with two attached hydrogens (primary N) is 1. The van der Waals surface area contributed by atoms with Gasteiger partial charge in [0.05, 0.1) is 12.6 Å². The highest BCUT2D eigenvalue weighted by molar-refractivity contribution is 5.78. The maximum absolute atomic E-state index is 11.8. The van der Waals surface area contributed by atoms with Gasteiger partial charge in [-0.05, 0) is 19.8 Å². The van der Waals surface area contributed by atoms with Gasteiger partial charge in [-0.3, -0.25) is 4.79 Å². The van der Waals surface area contributed by atoms with Crippen LogP contribution < -0.4 is 10.6 Å². The van der Waals surface area contributed by atoms with Gasteiger partial charge in [-0.25, -0.2) is 9.97 Å². The Morgan fingerprint density at radius 2 is 2.26 bits per heavy atom. The van der Waals surface area contributed by atoms with Gasteiger partial charge in [0.25, 0.3) is 0 Å². The van der Waals surface area contributed by atoms with Crippen molar-refractivity contribution in [3.63, 3.8) is 0 Å². The number of aryl methyl sites for hydroxylation is 1. The van der Waals surface area contributed by atoms with Crippen molar-refractivity contribution < 1.29 is 4.79 Å². The number of carbonyl (C=O) groups is 1. The summed E-state index contributed by atoms with van der Waals surface area (Å²) >= 11 is 0. The predicted molar refractivity (Wildman–Crippen MR) is 73.8 cm³/mol. The van der Waals surface area contributed by atoms with E-state index < -0.39 is 0 Å². The molecule has 1 aromatic rings. The molecule has 0 bridgehead atoms. The Kier molecular flexibility index (Phi) is 3.99. The molecule has 0 aliphatic carbocycles. The first-order valence-corrected chi connectivity index (χ1v) is 6.55. The normalized spacial score (nSPS) is 18.7. The van der Waals surface area contributed by atoms with Crippen LogP contribution in [0.4, 0.5) is 5.82 Å². The van der Waals surface area contributed by atoms with Crippen molar-refractivity contribution in [1.82, 2.24) is 14.9 Å². The lowest BCUT2D eigenvalue weighted by Gasteiger charge is -2.24. The van der Waals surface area contributed by atoms with Crippen LogP contribution in [0, 0.1) is 6.92 Å². The second kappa shape index (κ2) is 5.52. The first-order valence-electron chi connectivity index (χ1n) is 6.55. The molecule has 6 heteroatoms. The Bertz CT molecular complexity index is 474. The minimum absolute atomic E-state index is 0.0287. The van der Waals surface area contributed by atoms with E-state index in [0.29, 0.717) is 0 Å². The Morgan fingerprint density at radius 1 is 1.53 bits per heavy atom. The van der Waals surface area contributed by atoms with Crippen LogP contribution in [0.5, 0.6) is 0 Å². The molecular formula is C13H21N5O. The van der Waals surface area contributed by atoms with E-state index in [9.17, 15) is 4.79 Å². The van der Waals surface area contributed by atoms with Gasteiger partial charge in [-0.1, -0.05) is 0 Å². The smallest absolute Gasteiger partial charge is 0.236 e. The topological polar surface area (TPSA) is 75.4 Å². The van der Waals surface area contributed by atoms with Crippen LogP contribution in [0.2, 0.25) is 0 Å². The molecule has 1 aliphatic heterocycles. The fourth-order valence-electron chi connectivity index (χ4n) is 2.40. The van der Waals surface area contributed by atoms with Crippen molar-refractivity contribution in [2.24, 2.45) is 5.73 Å². The molecule has 2 heterocycles. The average Bonchev–Trinajstić information content (AvgIpc) is 2.86. The summed E-state index contributed by atoms with van der Waals surface area (Å²) in [6, 6.07) is 1.91. The SMILES string of the molecule is Cc1cc(N(C)C)nc(C2CCCN2C(=O)CN)n1. The minimum Gasteiger partial charge on any atom is -0.363 e. The van der Waals surface area contributed by atoms with Crippen molar-refractivity contribution in [1.29, 1.82) is 0 Å². The second-order valence-electron chi connectivity index (χ2n) is 5.07. The highest BCUT2D eigenvalue weighted by Crippen LogP contribution is 2.30. The third-order valence-corrected chi connectivity index (χ3v) is 3.36. The van der Waals surface area contributed by atoms with E-state index in [1.54, 1.807) is 4.90 Å². The summed E-state index contributed by atoms with van der Waals surface area (Å²) in [5.41, 5.74) is 6.38. The Hall–Kier alpha value is -1.69. The third kappa shape index (κ3) is 2.84. The van der Waals surface area contributed by atoms with E-state index in [4.69, 9.17) is 5.73 Å². The Balaban J connectivity index is 2.32. The molecule has 19 heavy (non-hydrogen) atoms. The average molecular weight is 263 g/mol. The third-order valence-electron chi connectivity index (χ3n) is 3.36. The van der Waals surface area contributed by atoms with E-state index in [2.05, 4.69) is 9.97 Å². The summed E-state index contributed by atoms with van der Waals surface area (Å²) in [6.45, 7) is 2.74. The van der Waals surface area contributed by atoms with Crippen LogP contribution >= 0.6 is 0 Å². The fourth-order valence-corrected chi connectivity index (χ4v) is 2.40. The number of rotatable bonds is 3. The van der Waals surface area contributed by atoms with Gasteiger partial charge >= 0.3 is 0 Å². The maximum Gasteiger partial charge on any atom is 0.236 e. The molecule has 6 nitrogen and oxygen atoms in total. The molecule has 1 aliphatic rings. The number of likely N-dealkylation sites (tertiary alicyclic amines) is 1. The quantitative estimate of drug-likeness (QED) is 0.858. The molecule has 1 fully saturated rings. The summed E-state index contributed by atoms with van der Waals surface area (Å²) < 4.78 is 0. The molecule has 0 radical (unpaired) electrons. The van der Waals surface area contributed by atoms with Gasteiger partial charge in [-0.15, -0.1) is 0 Å². The summed E-state index contributed by atoms with van der Waals surface area (Å²) in [5, 5.41) is 0. The number of hydrogen-bond acceptors (Lipinski definition) is 5. The van der Waals surface area contributed by atoms with E-state index in [-0.39, 0.29) is 18.5 Å². The zero-order valence-corrected chi connectivity index (χ0v) is 11.8. The van der Waals surface area contributed by atoms with Crippen LogP contribution in [0.25, 0.3) is 0 Å². The highest BCUT2D eigenvalue weighted by Gasteiger charge is 2.31. The molecule has 0 spiro atoms. The van der Waals surface area contributed by atoms with Crippen LogP contribution in [0.1, 0.15) is 30.4 Å². The number of carbonyl (C=O) groups excluding carboxylic acids is 1. The first kappa shape index (κ1) is 13.7. The monoisotopic (exact) mass is 263 g/mol. The van der Waals surface area contributed by atoms with Gasteiger partial charge in [0.2, 0.25) is 5.91 Å². The molecule has 1 unspecified atom stereocenters. The largest absolute Gasteiger partial charge is 0.363 e. The number of aromatic nitrogens is 2. The fraction of sp³-hybridized carbons (Fsp3) is 0.615. The molecule has 1 aromatic heterocycles. The van der Waals surface area contributed by atoms with Gasteiger partial charge in [-0.2, -0.15) is 0 Å². The van der Waals surface area contributed by atoms with E-state index in [1.807, 2.05) is 32.0 Å². The summed E-state index contributed by atoms with van der Waals surface area (Å²) in [6.07, 6.45) is 1.88. The van der Waals surface area contributed by atoms with E-state index in [0.717, 1.165) is 36.7 Å². The predicted octanol–water partition coefficient (Wildman–Crippen LogP) is 0.473. The second-order valence-corrected chi connectivity index (χ2v) is 5.07. The molecule has 1 atom stereocenters.